The standard InChI is InChI=1S/C13H11NO3/c15-11-7-6-10(8-12(11)16)13(14-17)9-4-2-1-3-5-9/h1-8,15-17H. The Morgan fingerprint density at radius 3 is 2.12 bits per heavy atom. The van der Waals surface area contributed by atoms with Crippen molar-refractivity contribution in [1.29, 1.82) is 0 Å². The van der Waals surface area contributed by atoms with Gasteiger partial charge in [0.15, 0.2) is 11.5 Å². The summed E-state index contributed by atoms with van der Waals surface area (Å²) in [4.78, 5) is 0. The van der Waals surface area contributed by atoms with E-state index in [0.717, 1.165) is 5.56 Å². The highest BCUT2D eigenvalue weighted by Crippen LogP contribution is 2.26. The van der Waals surface area contributed by atoms with Crippen LogP contribution >= 0.6 is 0 Å². The summed E-state index contributed by atoms with van der Waals surface area (Å²) in [5, 5.41) is 30.9. The van der Waals surface area contributed by atoms with Crippen LogP contribution in [0.25, 0.3) is 0 Å². The molecule has 4 nitrogen and oxygen atoms in total. The van der Waals surface area contributed by atoms with Crippen LogP contribution in [0.4, 0.5) is 0 Å². The van der Waals surface area contributed by atoms with Gasteiger partial charge in [-0.2, -0.15) is 0 Å². The Bertz CT molecular complexity index is 550. The molecule has 3 N–H and O–H groups in total. The highest BCUT2D eigenvalue weighted by Gasteiger charge is 2.09. The van der Waals surface area contributed by atoms with Crippen molar-refractivity contribution in [2.75, 3.05) is 0 Å². The van der Waals surface area contributed by atoms with Gasteiger partial charge in [0.1, 0.15) is 5.71 Å². The molecule has 0 aliphatic heterocycles. The molecule has 0 aliphatic rings. The average Bonchev–Trinajstić information content (AvgIpc) is 2.36. The van der Waals surface area contributed by atoms with Gasteiger partial charge in [-0.1, -0.05) is 35.5 Å². The molecule has 4 heteroatoms. The molecule has 86 valence electrons. The quantitative estimate of drug-likeness (QED) is 0.320. The van der Waals surface area contributed by atoms with E-state index in [4.69, 9.17) is 5.21 Å². The molecule has 0 aromatic heterocycles. The second-order valence-corrected chi connectivity index (χ2v) is 3.52. The summed E-state index contributed by atoms with van der Waals surface area (Å²) in [7, 11) is 0. The minimum Gasteiger partial charge on any atom is -0.504 e. The minimum atomic E-state index is -0.250. The normalized spacial score (nSPS) is 11.4. The van der Waals surface area contributed by atoms with Gasteiger partial charge in [0, 0.05) is 11.1 Å². The zero-order valence-electron chi connectivity index (χ0n) is 8.91. The van der Waals surface area contributed by atoms with Crippen LogP contribution in [0, 0.1) is 0 Å². The maximum atomic E-state index is 9.40. The molecule has 2 aromatic rings. The van der Waals surface area contributed by atoms with Crippen LogP contribution in [-0.4, -0.2) is 21.1 Å². The van der Waals surface area contributed by atoms with Crippen LogP contribution in [0.2, 0.25) is 0 Å². The highest BCUT2D eigenvalue weighted by molar-refractivity contribution is 6.12. The van der Waals surface area contributed by atoms with Crippen molar-refractivity contribution in [2.24, 2.45) is 5.16 Å². The summed E-state index contributed by atoms with van der Waals surface area (Å²) in [5.74, 6) is -0.460. The second-order valence-electron chi connectivity index (χ2n) is 3.52. The third-order valence-electron chi connectivity index (χ3n) is 2.40. The molecule has 0 amide bonds. The molecular formula is C13H11NO3. The molecule has 0 fully saturated rings. The van der Waals surface area contributed by atoms with Crippen molar-refractivity contribution < 1.29 is 15.4 Å². The molecule has 17 heavy (non-hydrogen) atoms. The fourth-order valence-corrected chi connectivity index (χ4v) is 1.55. The molecule has 2 rings (SSSR count). The summed E-state index contributed by atoms with van der Waals surface area (Å²) in [6, 6.07) is 13.3. The van der Waals surface area contributed by atoms with Crippen molar-refractivity contribution in [3.8, 4) is 11.5 Å². The van der Waals surface area contributed by atoms with Crippen LogP contribution < -0.4 is 0 Å². The van der Waals surface area contributed by atoms with E-state index in [-0.39, 0.29) is 11.5 Å². The lowest BCUT2D eigenvalue weighted by molar-refractivity contribution is 0.319. The first-order valence-corrected chi connectivity index (χ1v) is 5.02. The first kappa shape index (κ1) is 11.0. The number of aromatic hydroxyl groups is 2. The van der Waals surface area contributed by atoms with Gasteiger partial charge in [-0.3, -0.25) is 0 Å². The van der Waals surface area contributed by atoms with Gasteiger partial charge in [-0.25, -0.2) is 0 Å². The SMILES string of the molecule is ON=C(c1ccccc1)c1ccc(O)c(O)c1. The highest BCUT2D eigenvalue weighted by atomic mass is 16.4. The molecule has 0 saturated heterocycles. The largest absolute Gasteiger partial charge is 0.504 e. The fraction of sp³-hybridized carbons (Fsp3) is 0. The lowest BCUT2D eigenvalue weighted by Gasteiger charge is -2.06. The van der Waals surface area contributed by atoms with E-state index in [9.17, 15) is 10.2 Å². The zero-order valence-corrected chi connectivity index (χ0v) is 8.91. The summed E-state index contributed by atoms with van der Waals surface area (Å²) >= 11 is 0. The minimum absolute atomic E-state index is 0.209. The Kier molecular flexibility index (Phi) is 2.96. The molecule has 0 radical (unpaired) electrons. The topological polar surface area (TPSA) is 73.1 Å². The molecular weight excluding hydrogens is 218 g/mol. The third-order valence-corrected chi connectivity index (χ3v) is 2.40. The smallest absolute Gasteiger partial charge is 0.158 e. The van der Waals surface area contributed by atoms with Gasteiger partial charge in [-0.15, -0.1) is 0 Å². The van der Waals surface area contributed by atoms with Crippen LogP contribution in [-0.2, 0) is 0 Å². The Labute approximate surface area is 98.1 Å². The van der Waals surface area contributed by atoms with Gasteiger partial charge >= 0.3 is 0 Å². The lowest BCUT2D eigenvalue weighted by atomic mass is 10.0. The number of oxime groups is 1. The first-order valence-electron chi connectivity index (χ1n) is 5.02. The number of phenols is 2. The number of hydrogen-bond donors (Lipinski definition) is 3. The van der Waals surface area contributed by atoms with E-state index in [1.807, 2.05) is 18.2 Å². The molecule has 0 unspecified atom stereocenters. The molecule has 0 atom stereocenters. The van der Waals surface area contributed by atoms with Crippen molar-refractivity contribution in [3.05, 3.63) is 59.7 Å². The maximum Gasteiger partial charge on any atom is 0.158 e. The van der Waals surface area contributed by atoms with Crippen LogP contribution in [0.5, 0.6) is 11.5 Å². The van der Waals surface area contributed by atoms with Crippen molar-refractivity contribution >= 4 is 5.71 Å². The van der Waals surface area contributed by atoms with E-state index in [0.29, 0.717) is 11.3 Å². The Hall–Kier alpha value is -2.49. The van der Waals surface area contributed by atoms with Crippen LogP contribution in [0.15, 0.2) is 53.7 Å². The third kappa shape index (κ3) is 2.20. The lowest BCUT2D eigenvalue weighted by Crippen LogP contribution is -2.02. The predicted octanol–water partition coefficient (Wildman–Crippen LogP) is 2.32. The fourth-order valence-electron chi connectivity index (χ4n) is 1.55. The molecule has 2 aromatic carbocycles. The molecule has 0 aliphatic carbocycles. The summed E-state index contributed by atoms with van der Waals surface area (Å²) in [5.41, 5.74) is 1.58. The van der Waals surface area contributed by atoms with Gasteiger partial charge in [0.25, 0.3) is 0 Å². The van der Waals surface area contributed by atoms with Crippen LogP contribution in [0.1, 0.15) is 11.1 Å². The molecule has 0 heterocycles. The van der Waals surface area contributed by atoms with Crippen molar-refractivity contribution in [3.63, 3.8) is 0 Å². The van der Waals surface area contributed by atoms with Gasteiger partial charge < -0.3 is 15.4 Å². The molecule has 0 bridgehead atoms. The summed E-state index contributed by atoms with van der Waals surface area (Å²) in [6.07, 6.45) is 0. The molecule has 0 saturated carbocycles. The Morgan fingerprint density at radius 1 is 0.824 bits per heavy atom. The van der Waals surface area contributed by atoms with E-state index >= 15 is 0 Å². The van der Waals surface area contributed by atoms with E-state index < -0.39 is 0 Å². The number of hydrogen-bond acceptors (Lipinski definition) is 4. The first-order chi connectivity index (χ1) is 8.22. The number of nitrogens with zero attached hydrogens (tertiary/aromatic N) is 1. The average molecular weight is 229 g/mol. The van der Waals surface area contributed by atoms with E-state index in [1.54, 1.807) is 18.2 Å². The van der Waals surface area contributed by atoms with E-state index in [1.165, 1.54) is 12.1 Å². The van der Waals surface area contributed by atoms with E-state index in [2.05, 4.69) is 5.16 Å². The zero-order chi connectivity index (χ0) is 12.3. The Balaban J connectivity index is 2.47. The summed E-state index contributed by atoms with van der Waals surface area (Å²) in [6.45, 7) is 0. The van der Waals surface area contributed by atoms with Crippen LogP contribution in [0.3, 0.4) is 0 Å². The monoisotopic (exact) mass is 229 g/mol. The number of benzene rings is 2. The van der Waals surface area contributed by atoms with Gasteiger partial charge in [0.2, 0.25) is 0 Å². The summed E-state index contributed by atoms with van der Waals surface area (Å²) < 4.78 is 0. The van der Waals surface area contributed by atoms with Gasteiger partial charge in [0.05, 0.1) is 0 Å². The number of phenolic OH excluding ortho intramolecular Hbond substituents is 2. The predicted molar refractivity (Wildman–Crippen MR) is 63.6 cm³/mol. The second kappa shape index (κ2) is 4.57. The maximum absolute atomic E-state index is 9.40. The Morgan fingerprint density at radius 2 is 1.53 bits per heavy atom. The number of rotatable bonds is 2. The molecule has 0 spiro atoms. The van der Waals surface area contributed by atoms with Crippen molar-refractivity contribution in [1.82, 2.24) is 0 Å². The van der Waals surface area contributed by atoms with Crippen molar-refractivity contribution in [2.45, 2.75) is 0 Å². The van der Waals surface area contributed by atoms with Gasteiger partial charge in [-0.05, 0) is 18.2 Å².